The van der Waals surface area contributed by atoms with E-state index >= 15 is 0 Å². The van der Waals surface area contributed by atoms with Gasteiger partial charge in [-0.15, -0.1) is 0 Å². The second-order valence-corrected chi connectivity index (χ2v) is 3.36. The molecule has 2 nitrogen and oxygen atoms in total. The molecule has 0 amide bonds. The monoisotopic (exact) mass is 185 g/mol. The van der Waals surface area contributed by atoms with Gasteiger partial charge in [0.2, 0.25) is 0 Å². The lowest BCUT2D eigenvalue weighted by Gasteiger charge is -2.14. The van der Waals surface area contributed by atoms with Gasteiger partial charge in [0.1, 0.15) is 18.2 Å². The van der Waals surface area contributed by atoms with E-state index in [2.05, 4.69) is 0 Å². The molecule has 0 N–H and O–H groups in total. The molecular weight excluding hydrogens is 169 g/mol. The standard InChI is InChI=1S/C10H16FNO/c1-12(2)7-8-13-10-6-4-3-5-9(10)11/h4,6H,3,5,7-8H2,1-2H3. The van der Waals surface area contributed by atoms with E-state index in [9.17, 15) is 4.39 Å². The van der Waals surface area contributed by atoms with Crippen LogP contribution in [-0.2, 0) is 4.74 Å². The summed E-state index contributed by atoms with van der Waals surface area (Å²) in [5, 5.41) is 0. The van der Waals surface area contributed by atoms with Crippen LogP contribution >= 0.6 is 0 Å². The van der Waals surface area contributed by atoms with Crippen molar-refractivity contribution < 1.29 is 9.13 Å². The topological polar surface area (TPSA) is 12.5 Å². The molecule has 3 heteroatoms. The second-order valence-electron chi connectivity index (χ2n) is 3.36. The van der Waals surface area contributed by atoms with Crippen LogP contribution in [0.25, 0.3) is 0 Å². The Morgan fingerprint density at radius 1 is 1.54 bits per heavy atom. The number of nitrogens with zero attached hydrogens (tertiary/aromatic N) is 1. The van der Waals surface area contributed by atoms with Crippen molar-refractivity contribution in [1.29, 1.82) is 0 Å². The largest absolute Gasteiger partial charge is 0.490 e. The van der Waals surface area contributed by atoms with Crippen molar-refractivity contribution in [3.8, 4) is 0 Å². The molecule has 0 aromatic heterocycles. The zero-order valence-corrected chi connectivity index (χ0v) is 8.22. The summed E-state index contributed by atoms with van der Waals surface area (Å²) in [6.45, 7) is 1.35. The first-order chi connectivity index (χ1) is 6.20. The Morgan fingerprint density at radius 3 is 2.92 bits per heavy atom. The van der Waals surface area contributed by atoms with Crippen LogP contribution in [0.15, 0.2) is 23.7 Å². The van der Waals surface area contributed by atoms with Crippen molar-refractivity contribution in [2.24, 2.45) is 0 Å². The predicted molar refractivity (Wildman–Crippen MR) is 51.0 cm³/mol. The van der Waals surface area contributed by atoms with Crippen LogP contribution in [0.3, 0.4) is 0 Å². The third kappa shape index (κ3) is 3.59. The summed E-state index contributed by atoms with van der Waals surface area (Å²) >= 11 is 0. The molecule has 0 saturated heterocycles. The van der Waals surface area contributed by atoms with Crippen LogP contribution < -0.4 is 0 Å². The Bertz CT molecular complexity index is 221. The minimum absolute atomic E-state index is 0.124. The van der Waals surface area contributed by atoms with Crippen molar-refractivity contribution in [3.05, 3.63) is 23.7 Å². The van der Waals surface area contributed by atoms with E-state index in [1.165, 1.54) is 0 Å². The molecule has 0 radical (unpaired) electrons. The molecule has 0 atom stereocenters. The molecule has 1 rings (SSSR count). The molecule has 0 aromatic carbocycles. The van der Waals surface area contributed by atoms with Gasteiger partial charge in [-0.2, -0.15) is 0 Å². The SMILES string of the molecule is CN(C)CCOC1=C(F)CCC=C1. The van der Waals surface area contributed by atoms with Gasteiger partial charge in [0.05, 0.1) is 0 Å². The van der Waals surface area contributed by atoms with Crippen molar-refractivity contribution in [2.75, 3.05) is 27.2 Å². The lowest BCUT2D eigenvalue weighted by atomic mass is 10.1. The van der Waals surface area contributed by atoms with Gasteiger partial charge >= 0.3 is 0 Å². The molecule has 0 fully saturated rings. The second kappa shape index (κ2) is 5.02. The summed E-state index contributed by atoms with van der Waals surface area (Å²) in [4.78, 5) is 2.00. The number of allylic oxidation sites excluding steroid dienone is 3. The summed E-state index contributed by atoms with van der Waals surface area (Å²) in [6.07, 6.45) is 4.92. The summed E-state index contributed by atoms with van der Waals surface area (Å²) < 4.78 is 18.3. The zero-order chi connectivity index (χ0) is 9.68. The highest BCUT2D eigenvalue weighted by Crippen LogP contribution is 2.20. The number of rotatable bonds is 4. The number of hydrogen-bond donors (Lipinski definition) is 0. The highest BCUT2D eigenvalue weighted by Gasteiger charge is 2.08. The Balaban J connectivity index is 2.31. The van der Waals surface area contributed by atoms with E-state index in [1.54, 1.807) is 6.08 Å². The molecule has 0 aliphatic heterocycles. The maximum atomic E-state index is 13.1. The molecule has 13 heavy (non-hydrogen) atoms. The summed E-state index contributed by atoms with van der Waals surface area (Å²) in [7, 11) is 3.93. The van der Waals surface area contributed by atoms with Gasteiger partial charge in [-0.1, -0.05) is 6.08 Å². The molecule has 0 unspecified atom stereocenters. The van der Waals surface area contributed by atoms with E-state index < -0.39 is 0 Å². The molecule has 0 saturated carbocycles. The van der Waals surface area contributed by atoms with Crippen LogP contribution in [0.1, 0.15) is 12.8 Å². The van der Waals surface area contributed by atoms with Crippen LogP contribution in [0.5, 0.6) is 0 Å². The lowest BCUT2D eigenvalue weighted by molar-refractivity contribution is 0.182. The highest BCUT2D eigenvalue weighted by atomic mass is 19.1. The van der Waals surface area contributed by atoms with Crippen LogP contribution in [0.2, 0.25) is 0 Å². The van der Waals surface area contributed by atoms with Crippen molar-refractivity contribution in [3.63, 3.8) is 0 Å². The maximum absolute atomic E-state index is 13.1. The number of likely N-dealkylation sites (N-methyl/N-ethyl adjacent to an activating group) is 1. The number of halogens is 1. The van der Waals surface area contributed by atoms with Gasteiger partial charge < -0.3 is 9.64 Å². The first-order valence-electron chi connectivity index (χ1n) is 4.53. The predicted octanol–water partition coefficient (Wildman–Crippen LogP) is 2.10. The molecule has 74 valence electrons. The summed E-state index contributed by atoms with van der Waals surface area (Å²) in [5.74, 6) is 0.286. The van der Waals surface area contributed by atoms with Gasteiger partial charge in [0, 0.05) is 13.0 Å². The average Bonchev–Trinajstić information content (AvgIpc) is 2.08. The Morgan fingerprint density at radius 2 is 2.31 bits per heavy atom. The fraction of sp³-hybridized carbons (Fsp3) is 0.600. The third-order valence-electron chi connectivity index (χ3n) is 1.86. The van der Waals surface area contributed by atoms with Crippen LogP contribution in [0.4, 0.5) is 4.39 Å². The maximum Gasteiger partial charge on any atom is 0.150 e. The molecule has 0 heterocycles. The average molecular weight is 185 g/mol. The minimum Gasteiger partial charge on any atom is -0.490 e. The van der Waals surface area contributed by atoms with E-state index in [0.29, 0.717) is 18.8 Å². The molecule has 0 spiro atoms. The third-order valence-corrected chi connectivity index (χ3v) is 1.86. The van der Waals surface area contributed by atoms with Crippen molar-refractivity contribution in [2.45, 2.75) is 12.8 Å². The van der Waals surface area contributed by atoms with Crippen LogP contribution in [-0.4, -0.2) is 32.1 Å². The Kier molecular flexibility index (Phi) is 3.96. The molecule has 1 aliphatic carbocycles. The fourth-order valence-electron chi connectivity index (χ4n) is 1.08. The normalized spacial score (nSPS) is 16.9. The first kappa shape index (κ1) is 10.3. The van der Waals surface area contributed by atoms with Gasteiger partial charge in [-0.25, -0.2) is 4.39 Å². The molecular formula is C10H16FNO. The quantitative estimate of drug-likeness (QED) is 0.665. The highest BCUT2D eigenvalue weighted by molar-refractivity contribution is 5.20. The Hall–Kier alpha value is -0.830. The van der Waals surface area contributed by atoms with Gasteiger partial charge in [0.15, 0.2) is 0 Å². The van der Waals surface area contributed by atoms with Gasteiger partial charge in [-0.3, -0.25) is 0 Å². The van der Waals surface area contributed by atoms with E-state index in [4.69, 9.17) is 4.74 Å². The van der Waals surface area contributed by atoms with Crippen molar-refractivity contribution >= 4 is 0 Å². The smallest absolute Gasteiger partial charge is 0.150 e. The van der Waals surface area contributed by atoms with Gasteiger partial charge in [-0.05, 0) is 26.6 Å². The van der Waals surface area contributed by atoms with Gasteiger partial charge in [0.25, 0.3) is 0 Å². The van der Waals surface area contributed by atoms with E-state index in [1.807, 2.05) is 25.1 Å². The number of hydrogen-bond acceptors (Lipinski definition) is 2. The van der Waals surface area contributed by atoms with Crippen LogP contribution in [0, 0.1) is 0 Å². The zero-order valence-electron chi connectivity index (χ0n) is 8.22. The van der Waals surface area contributed by atoms with E-state index in [-0.39, 0.29) is 5.83 Å². The Labute approximate surface area is 78.7 Å². The number of ether oxygens (including phenoxy) is 1. The van der Waals surface area contributed by atoms with Crippen molar-refractivity contribution in [1.82, 2.24) is 4.90 Å². The molecule has 1 aliphatic rings. The summed E-state index contributed by atoms with van der Waals surface area (Å²) in [5.41, 5.74) is 0. The lowest BCUT2D eigenvalue weighted by Crippen LogP contribution is -2.18. The minimum atomic E-state index is -0.124. The van der Waals surface area contributed by atoms with E-state index in [0.717, 1.165) is 13.0 Å². The first-order valence-corrected chi connectivity index (χ1v) is 4.53. The summed E-state index contributed by atoms with van der Waals surface area (Å²) in [6, 6.07) is 0. The fourth-order valence-corrected chi connectivity index (χ4v) is 1.08. The molecule has 0 bridgehead atoms. The molecule has 0 aromatic rings.